The van der Waals surface area contributed by atoms with Gasteiger partial charge in [-0.3, -0.25) is 9.78 Å². The number of nitrogens with one attached hydrogen (secondary N) is 1. The highest BCUT2D eigenvalue weighted by Gasteiger charge is 2.11. The molecule has 7 heteroatoms. The summed E-state index contributed by atoms with van der Waals surface area (Å²) >= 11 is 2.09. The van der Waals surface area contributed by atoms with Gasteiger partial charge in [0.2, 0.25) is 0 Å². The number of ether oxygens (including phenoxy) is 1. The van der Waals surface area contributed by atoms with Crippen LogP contribution in [0.2, 0.25) is 0 Å². The maximum Gasteiger partial charge on any atom is 0.344 e. The van der Waals surface area contributed by atoms with Crippen LogP contribution in [0.25, 0.3) is 0 Å². The largest absolute Gasteiger partial charge is 0.423 e. The third-order valence-electron chi connectivity index (χ3n) is 3.51. The van der Waals surface area contributed by atoms with Crippen molar-refractivity contribution in [1.29, 1.82) is 0 Å². The maximum atomic E-state index is 12.2. The van der Waals surface area contributed by atoms with E-state index in [2.05, 4.69) is 38.1 Å². The van der Waals surface area contributed by atoms with Crippen molar-refractivity contribution in [3.63, 3.8) is 0 Å². The van der Waals surface area contributed by atoms with Gasteiger partial charge in [0, 0.05) is 21.5 Å². The minimum Gasteiger partial charge on any atom is -0.423 e. The summed E-state index contributed by atoms with van der Waals surface area (Å²) in [6.45, 7) is 0. The Labute approximate surface area is 169 Å². The van der Waals surface area contributed by atoms with E-state index in [0.717, 1.165) is 9.13 Å². The van der Waals surface area contributed by atoms with Gasteiger partial charge < -0.3 is 4.74 Å². The fourth-order valence-corrected chi connectivity index (χ4v) is 2.75. The number of esters is 1. The third-order valence-corrected chi connectivity index (χ3v) is 4.45. The number of amides is 1. The molecule has 2 aromatic carbocycles. The summed E-state index contributed by atoms with van der Waals surface area (Å²) in [6, 6.07) is 17.2. The molecule has 1 heterocycles. The van der Waals surface area contributed by atoms with Gasteiger partial charge in [0.25, 0.3) is 5.91 Å². The molecule has 134 valence electrons. The van der Waals surface area contributed by atoms with E-state index in [1.807, 2.05) is 12.1 Å². The van der Waals surface area contributed by atoms with E-state index in [0.29, 0.717) is 16.9 Å². The molecule has 27 heavy (non-hydrogen) atoms. The third kappa shape index (κ3) is 5.20. The van der Waals surface area contributed by atoms with Crippen LogP contribution in [0, 0.1) is 3.57 Å². The van der Waals surface area contributed by atoms with Crippen molar-refractivity contribution in [3.8, 4) is 5.75 Å². The van der Waals surface area contributed by atoms with Gasteiger partial charge in [-0.05, 0) is 76.7 Å². The molecule has 0 radical (unpaired) electrons. The Morgan fingerprint density at radius 3 is 2.41 bits per heavy atom. The van der Waals surface area contributed by atoms with Crippen molar-refractivity contribution in [2.45, 2.75) is 0 Å². The number of carbonyl (C=O) groups excluding carboxylic acids is 2. The molecule has 0 aliphatic heterocycles. The Hall–Kier alpha value is -3.07. The fraction of sp³-hybridized carbons (Fsp3) is 0. The smallest absolute Gasteiger partial charge is 0.344 e. The molecule has 0 spiro atoms. The molecular weight excluding hydrogens is 457 g/mol. The van der Waals surface area contributed by atoms with E-state index < -0.39 is 5.97 Å². The highest BCUT2D eigenvalue weighted by Crippen LogP contribution is 2.17. The van der Waals surface area contributed by atoms with Crippen molar-refractivity contribution >= 4 is 40.7 Å². The number of benzene rings is 2. The quantitative estimate of drug-likeness (QED) is 0.203. The van der Waals surface area contributed by atoms with Crippen LogP contribution in [-0.2, 0) is 0 Å². The molecule has 1 N–H and O–H groups in total. The number of pyridine rings is 1. The van der Waals surface area contributed by atoms with Crippen molar-refractivity contribution in [2.24, 2.45) is 5.10 Å². The number of carbonyl (C=O) groups is 2. The minimum atomic E-state index is -0.411. The first-order valence-corrected chi connectivity index (χ1v) is 9.01. The van der Waals surface area contributed by atoms with Crippen LogP contribution in [0.3, 0.4) is 0 Å². The molecule has 0 atom stereocenters. The average molecular weight is 471 g/mol. The molecule has 3 rings (SSSR count). The number of hydrogen-bond acceptors (Lipinski definition) is 5. The molecule has 1 amide bonds. The van der Waals surface area contributed by atoms with Crippen molar-refractivity contribution in [2.75, 3.05) is 0 Å². The zero-order chi connectivity index (χ0) is 19.1. The first kappa shape index (κ1) is 18.7. The van der Waals surface area contributed by atoms with Gasteiger partial charge in [0.05, 0.1) is 11.8 Å². The average Bonchev–Trinajstić information content (AvgIpc) is 2.70. The number of aromatic nitrogens is 1. The normalized spacial score (nSPS) is 10.6. The second kappa shape index (κ2) is 9.04. The van der Waals surface area contributed by atoms with E-state index in [1.165, 1.54) is 18.6 Å². The molecule has 3 aromatic rings. The highest BCUT2D eigenvalue weighted by atomic mass is 127. The second-order valence-electron chi connectivity index (χ2n) is 5.37. The highest BCUT2D eigenvalue weighted by molar-refractivity contribution is 14.1. The maximum absolute atomic E-state index is 12.2. The Morgan fingerprint density at radius 1 is 1.00 bits per heavy atom. The van der Waals surface area contributed by atoms with Crippen LogP contribution in [0.5, 0.6) is 5.75 Å². The fourth-order valence-electron chi connectivity index (χ4n) is 2.14. The molecule has 6 nitrogen and oxygen atoms in total. The molecule has 0 saturated carbocycles. The lowest BCUT2D eigenvalue weighted by molar-refractivity contribution is 0.0733. The Balaban J connectivity index is 1.58. The van der Waals surface area contributed by atoms with E-state index in [9.17, 15) is 9.59 Å². The van der Waals surface area contributed by atoms with Gasteiger partial charge in [-0.1, -0.05) is 12.1 Å². The number of hydrazone groups is 1. The second-order valence-corrected chi connectivity index (χ2v) is 6.54. The number of rotatable bonds is 5. The van der Waals surface area contributed by atoms with Gasteiger partial charge in [-0.15, -0.1) is 0 Å². The molecule has 0 bridgehead atoms. The number of hydrogen-bond donors (Lipinski definition) is 1. The molecule has 1 aromatic heterocycles. The standard InChI is InChI=1S/C20H14IN3O3/c21-18-4-2-1-3-17(18)20(26)27-16-7-5-14(6-8-16)13-23-24-19(25)15-9-11-22-12-10-15/h1-13H,(H,24,25)/b23-13-. The molecule has 0 aliphatic carbocycles. The summed E-state index contributed by atoms with van der Waals surface area (Å²) in [5.41, 5.74) is 4.18. The Morgan fingerprint density at radius 2 is 1.70 bits per heavy atom. The van der Waals surface area contributed by atoms with Crippen molar-refractivity contribution in [1.82, 2.24) is 10.4 Å². The summed E-state index contributed by atoms with van der Waals surface area (Å²) in [4.78, 5) is 27.9. The Bertz CT molecular complexity index is 973. The number of halogens is 1. The summed E-state index contributed by atoms with van der Waals surface area (Å²) in [5, 5.41) is 3.91. The first-order valence-electron chi connectivity index (χ1n) is 7.94. The molecule has 0 unspecified atom stereocenters. The summed E-state index contributed by atoms with van der Waals surface area (Å²) in [5.74, 6) is -0.305. The molecule has 0 fully saturated rings. The lowest BCUT2D eigenvalue weighted by atomic mass is 10.2. The van der Waals surface area contributed by atoms with Gasteiger partial charge in [0.1, 0.15) is 5.75 Å². The van der Waals surface area contributed by atoms with Gasteiger partial charge in [-0.2, -0.15) is 5.10 Å². The lowest BCUT2D eigenvalue weighted by Gasteiger charge is -2.06. The molecular formula is C20H14IN3O3. The summed E-state index contributed by atoms with van der Waals surface area (Å²) in [7, 11) is 0. The first-order chi connectivity index (χ1) is 13.1. The Kier molecular flexibility index (Phi) is 6.26. The number of nitrogens with zero attached hydrogens (tertiary/aromatic N) is 2. The molecule has 0 aliphatic rings. The van der Waals surface area contributed by atoms with Gasteiger partial charge >= 0.3 is 5.97 Å². The van der Waals surface area contributed by atoms with Crippen LogP contribution in [0.1, 0.15) is 26.3 Å². The van der Waals surface area contributed by atoms with E-state index in [4.69, 9.17) is 4.74 Å². The monoisotopic (exact) mass is 471 g/mol. The van der Waals surface area contributed by atoms with Gasteiger partial charge in [0.15, 0.2) is 0 Å². The predicted molar refractivity (Wildman–Crippen MR) is 110 cm³/mol. The van der Waals surface area contributed by atoms with Crippen LogP contribution in [-0.4, -0.2) is 23.1 Å². The minimum absolute atomic E-state index is 0.323. The summed E-state index contributed by atoms with van der Waals surface area (Å²) in [6.07, 6.45) is 4.58. The SMILES string of the molecule is O=C(N/N=C\c1ccc(OC(=O)c2ccccc2I)cc1)c1ccncc1. The van der Waals surface area contributed by atoms with Crippen LogP contribution < -0.4 is 10.2 Å². The topological polar surface area (TPSA) is 80.6 Å². The van der Waals surface area contributed by atoms with Crippen LogP contribution >= 0.6 is 22.6 Å². The van der Waals surface area contributed by atoms with E-state index in [1.54, 1.807) is 48.5 Å². The van der Waals surface area contributed by atoms with Crippen molar-refractivity contribution < 1.29 is 14.3 Å². The zero-order valence-corrected chi connectivity index (χ0v) is 16.2. The van der Waals surface area contributed by atoms with Crippen LogP contribution in [0.15, 0.2) is 78.2 Å². The predicted octanol–water partition coefficient (Wildman–Crippen LogP) is 3.67. The molecule has 0 saturated heterocycles. The van der Waals surface area contributed by atoms with Crippen LogP contribution in [0.4, 0.5) is 0 Å². The lowest BCUT2D eigenvalue weighted by Crippen LogP contribution is -2.17. The van der Waals surface area contributed by atoms with Gasteiger partial charge in [-0.25, -0.2) is 10.2 Å². The summed E-state index contributed by atoms with van der Waals surface area (Å²) < 4.78 is 6.20. The van der Waals surface area contributed by atoms with Crippen molar-refractivity contribution in [3.05, 3.63) is 93.3 Å². The van der Waals surface area contributed by atoms with E-state index in [-0.39, 0.29) is 5.91 Å². The van der Waals surface area contributed by atoms with E-state index >= 15 is 0 Å². The zero-order valence-electron chi connectivity index (χ0n) is 14.0.